The van der Waals surface area contributed by atoms with E-state index < -0.39 is 5.79 Å². The number of hydrogen-bond acceptors (Lipinski definition) is 6. The maximum Gasteiger partial charge on any atom is 0.254 e. The summed E-state index contributed by atoms with van der Waals surface area (Å²) in [7, 11) is 0. The number of carbonyl (C=O) groups excluding carboxylic acids is 2. The predicted molar refractivity (Wildman–Crippen MR) is 75.3 cm³/mol. The summed E-state index contributed by atoms with van der Waals surface area (Å²) in [5, 5.41) is 1.60. The van der Waals surface area contributed by atoms with Crippen LogP contribution in [0.25, 0.3) is 0 Å². The lowest BCUT2D eigenvalue weighted by atomic mass is 10.1. The van der Waals surface area contributed by atoms with Gasteiger partial charge in [0, 0.05) is 12.8 Å². The molecule has 0 bridgehead atoms. The van der Waals surface area contributed by atoms with Crippen LogP contribution in [-0.4, -0.2) is 30.4 Å². The fraction of sp³-hybridized carbons (Fsp3) is 0.538. The van der Waals surface area contributed by atoms with E-state index in [1.165, 1.54) is 0 Å². The highest BCUT2D eigenvalue weighted by atomic mass is 32.2. The minimum atomic E-state index is -0.711. The quantitative estimate of drug-likeness (QED) is 0.756. The summed E-state index contributed by atoms with van der Waals surface area (Å²) in [6, 6.07) is 3.93. The van der Waals surface area contributed by atoms with E-state index in [1.54, 1.807) is 17.6 Å². The zero-order chi connectivity index (χ0) is 13.7. The summed E-state index contributed by atoms with van der Waals surface area (Å²) >= 11 is 2.55. The molecule has 1 aromatic rings. The van der Waals surface area contributed by atoms with Crippen molar-refractivity contribution in [1.29, 1.82) is 0 Å². The summed E-state index contributed by atoms with van der Waals surface area (Å²) in [5.41, 5.74) is 0. The molecule has 1 saturated heterocycles. The Balaban J connectivity index is 1.92. The SMILES string of the molecule is CSC(=O)C(=O)CCCC1(c2cccs2)OCCO1. The number of rotatable bonds is 6. The van der Waals surface area contributed by atoms with Crippen molar-refractivity contribution in [3.05, 3.63) is 22.4 Å². The van der Waals surface area contributed by atoms with Gasteiger partial charge in [0.15, 0.2) is 0 Å². The molecule has 0 N–H and O–H groups in total. The van der Waals surface area contributed by atoms with Crippen molar-refractivity contribution in [2.24, 2.45) is 0 Å². The van der Waals surface area contributed by atoms with Gasteiger partial charge >= 0.3 is 0 Å². The van der Waals surface area contributed by atoms with Crippen LogP contribution in [0.1, 0.15) is 24.1 Å². The van der Waals surface area contributed by atoms with Gasteiger partial charge in [-0.1, -0.05) is 17.8 Å². The fourth-order valence-corrected chi connectivity index (χ4v) is 3.25. The number of carbonyl (C=O) groups is 2. The van der Waals surface area contributed by atoms with E-state index in [9.17, 15) is 9.59 Å². The van der Waals surface area contributed by atoms with E-state index in [1.807, 2.05) is 17.5 Å². The smallest absolute Gasteiger partial charge is 0.254 e. The van der Waals surface area contributed by atoms with Crippen LogP contribution in [0.15, 0.2) is 17.5 Å². The fourth-order valence-electron chi connectivity index (χ4n) is 2.06. The Hall–Kier alpha value is -0.690. The third-order valence-corrected chi connectivity index (χ3v) is 4.57. The third kappa shape index (κ3) is 3.45. The third-order valence-electron chi connectivity index (χ3n) is 2.97. The van der Waals surface area contributed by atoms with Crippen molar-refractivity contribution in [3.8, 4) is 0 Å². The minimum Gasteiger partial charge on any atom is -0.343 e. The summed E-state index contributed by atoms with van der Waals surface area (Å²) in [6.07, 6.45) is 3.06. The van der Waals surface area contributed by atoms with E-state index in [0.29, 0.717) is 26.1 Å². The summed E-state index contributed by atoms with van der Waals surface area (Å²) < 4.78 is 11.5. The molecule has 0 radical (unpaired) electrons. The molecule has 2 heterocycles. The summed E-state index contributed by atoms with van der Waals surface area (Å²) in [4.78, 5) is 23.7. The number of ketones is 1. The molecular formula is C13H16O4S2. The Bertz CT molecular complexity index is 436. The molecule has 0 spiro atoms. The first-order valence-electron chi connectivity index (χ1n) is 6.11. The topological polar surface area (TPSA) is 52.6 Å². The highest BCUT2D eigenvalue weighted by Gasteiger charge is 2.39. The molecule has 2 rings (SSSR count). The van der Waals surface area contributed by atoms with E-state index in [2.05, 4.69) is 0 Å². The first-order chi connectivity index (χ1) is 9.18. The lowest BCUT2D eigenvalue weighted by Crippen LogP contribution is -2.26. The maximum atomic E-state index is 11.5. The number of thiophene rings is 1. The molecule has 0 aliphatic carbocycles. The molecule has 6 heteroatoms. The van der Waals surface area contributed by atoms with Gasteiger partial charge in [0.2, 0.25) is 11.6 Å². The van der Waals surface area contributed by atoms with Crippen LogP contribution in [-0.2, 0) is 24.8 Å². The van der Waals surface area contributed by atoms with E-state index in [-0.39, 0.29) is 17.3 Å². The number of ether oxygens (including phenoxy) is 2. The van der Waals surface area contributed by atoms with Crippen molar-refractivity contribution in [1.82, 2.24) is 0 Å². The van der Waals surface area contributed by atoms with Crippen molar-refractivity contribution in [3.63, 3.8) is 0 Å². The summed E-state index contributed by atoms with van der Waals surface area (Å²) in [5.74, 6) is -1.04. The monoisotopic (exact) mass is 300 g/mol. The van der Waals surface area contributed by atoms with Gasteiger partial charge in [-0.2, -0.15) is 0 Å². The second-order valence-electron chi connectivity index (χ2n) is 4.20. The van der Waals surface area contributed by atoms with Crippen LogP contribution in [0.2, 0.25) is 0 Å². The van der Waals surface area contributed by atoms with Crippen molar-refractivity contribution in [2.45, 2.75) is 25.0 Å². The Morgan fingerprint density at radius 3 is 2.74 bits per heavy atom. The highest BCUT2D eigenvalue weighted by molar-refractivity contribution is 8.14. The zero-order valence-corrected chi connectivity index (χ0v) is 12.4. The highest BCUT2D eigenvalue weighted by Crippen LogP contribution is 2.38. The van der Waals surface area contributed by atoms with Gasteiger partial charge in [0.25, 0.3) is 5.12 Å². The molecule has 0 aromatic carbocycles. The van der Waals surface area contributed by atoms with Crippen molar-refractivity contribution >= 4 is 34.0 Å². The molecule has 0 atom stereocenters. The normalized spacial score (nSPS) is 17.5. The number of hydrogen-bond donors (Lipinski definition) is 0. The first kappa shape index (κ1) is 14.7. The second-order valence-corrected chi connectivity index (χ2v) is 5.92. The Labute approximate surface area is 120 Å². The first-order valence-corrected chi connectivity index (χ1v) is 8.21. The van der Waals surface area contributed by atoms with Crippen LogP contribution in [0.4, 0.5) is 0 Å². The number of thioether (sulfide) groups is 1. The van der Waals surface area contributed by atoms with Crippen LogP contribution in [0.3, 0.4) is 0 Å². The zero-order valence-electron chi connectivity index (χ0n) is 10.7. The molecule has 0 saturated carbocycles. The van der Waals surface area contributed by atoms with Gasteiger partial charge in [-0.25, -0.2) is 0 Å². The van der Waals surface area contributed by atoms with Crippen LogP contribution < -0.4 is 0 Å². The molecule has 104 valence electrons. The van der Waals surface area contributed by atoms with Gasteiger partial charge in [-0.05, 0) is 24.1 Å². The maximum absolute atomic E-state index is 11.5. The van der Waals surface area contributed by atoms with Gasteiger partial charge in [-0.15, -0.1) is 11.3 Å². The average molecular weight is 300 g/mol. The van der Waals surface area contributed by atoms with E-state index in [4.69, 9.17) is 9.47 Å². The molecule has 1 fully saturated rings. The van der Waals surface area contributed by atoms with Crippen LogP contribution >= 0.6 is 23.1 Å². The van der Waals surface area contributed by atoms with Crippen LogP contribution in [0.5, 0.6) is 0 Å². The van der Waals surface area contributed by atoms with Gasteiger partial charge in [-0.3, -0.25) is 9.59 Å². The Kier molecular flexibility index (Phi) is 5.15. The standard InChI is InChI=1S/C13H16O4S2/c1-18-12(15)10(14)4-2-6-13(16-7-8-17-13)11-5-3-9-19-11/h3,5,9H,2,4,6-8H2,1H3. The van der Waals surface area contributed by atoms with Crippen LogP contribution in [0, 0.1) is 0 Å². The lowest BCUT2D eigenvalue weighted by Gasteiger charge is -2.26. The van der Waals surface area contributed by atoms with E-state index in [0.717, 1.165) is 16.6 Å². The van der Waals surface area contributed by atoms with Crippen molar-refractivity contribution in [2.75, 3.05) is 19.5 Å². The van der Waals surface area contributed by atoms with E-state index >= 15 is 0 Å². The predicted octanol–water partition coefficient (Wildman–Crippen LogP) is 2.58. The largest absolute Gasteiger partial charge is 0.343 e. The second kappa shape index (κ2) is 6.65. The molecule has 0 amide bonds. The minimum absolute atomic E-state index is 0.250. The van der Waals surface area contributed by atoms with Crippen molar-refractivity contribution < 1.29 is 19.1 Å². The molecule has 4 nitrogen and oxygen atoms in total. The molecule has 1 aromatic heterocycles. The van der Waals surface area contributed by atoms with Gasteiger partial charge in [0.1, 0.15) is 0 Å². The lowest BCUT2D eigenvalue weighted by molar-refractivity contribution is -0.169. The molecule has 1 aliphatic rings. The Morgan fingerprint density at radius 2 is 2.16 bits per heavy atom. The average Bonchev–Trinajstić information content (AvgIpc) is 3.08. The summed E-state index contributed by atoms with van der Waals surface area (Å²) in [6.45, 7) is 1.13. The molecule has 19 heavy (non-hydrogen) atoms. The van der Waals surface area contributed by atoms with Gasteiger partial charge < -0.3 is 9.47 Å². The number of Topliss-reactive ketones (excluding diaryl/α,β-unsaturated/α-hetero) is 1. The Morgan fingerprint density at radius 1 is 1.42 bits per heavy atom. The molecular weight excluding hydrogens is 284 g/mol. The molecule has 1 aliphatic heterocycles. The van der Waals surface area contributed by atoms with Gasteiger partial charge in [0.05, 0.1) is 18.1 Å². The molecule has 0 unspecified atom stereocenters.